The Morgan fingerprint density at radius 1 is 0.968 bits per heavy atom. The molecular weight excluding hydrogens is 864 g/mol. The number of carbonyl (C=O) groups excluding carboxylic acids is 4. The van der Waals surface area contributed by atoms with E-state index in [-0.39, 0.29) is 48.2 Å². The van der Waals surface area contributed by atoms with Gasteiger partial charge in [0.15, 0.2) is 5.82 Å². The first-order valence-corrected chi connectivity index (χ1v) is 21.9. The number of anilines is 3. The van der Waals surface area contributed by atoms with E-state index in [4.69, 9.17) is 14.2 Å². The van der Waals surface area contributed by atoms with Crippen LogP contribution in [-0.4, -0.2) is 99.7 Å². The topological polar surface area (TPSA) is 199 Å². The molecular formula is C44H49BrN8O9. The van der Waals surface area contributed by atoms with Crippen LogP contribution in [0.2, 0.25) is 0 Å². The van der Waals surface area contributed by atoms with Gasteiger partial charge in [-0.3, -0.25) is 30.0 Å². The SMILES string of the molecule is Cc1cnc(NC(=O)Nc2cc(Br)c(C)cc2OC[C@@H]2CN(C(=O)CCCCCCCOc3ccc4c([N+](=O)[O-])ccc(N5C(=O)[C@H]6[C@H]7CC[C@H](C7)N6C5=O)c4c3)CCO2)cn1. The maximum absolute atomic E-state index is 13.6. The van der Waals surface area contributed by atoms with Gasteiger partial charge in [0.2, 0.25) is 5.91 Å². The van der Waals surface area contributed by atoms with E-state index in [1.54, 1.807) is 35.4 Å². The minimum Gasteiger partial charge on any atom is -0.494 e. The number of nitro groups is 1. The van der Waals surface area contributed by atoms with Crippen molar-refractivity contribution in [2.45, 2.75) is 89.8 Å². The summed E-state index contributed by atoms with van der Waals surface area (Å²) in [6.07, 6.45) is 10.0. The number of urea groups is 2. The molecule has 8 rings (SSSR count). The molecule has 0 unspecified atom stereocenters. The van der Waals surface area contributed by atoms with Crippen molar-refractivity contribution in [2.75, 3.05) is 48.4 Å². The van der Waals surface area contributed by atoms with Crippen LogP contribution in [0.5, 0.6) is 11.5 Å². The lowest BCUT2D eigenvalue weighted by molar-refractivity contribution is -0.383. The van der Waals surface area contributed by atoms with Crippen molar-refractivity contribution in [2.24, 2.45) is 5.92 Å². The molecule has 62 heavy (non-hydrogen) atoms. The van der Waals surface area contributed by atoms with Crippen molar-refractivity contribution in [3.8, 4) is 11.5 Å². The first-order valence-electron chi connectivity index (χ1n) is 21.1. The fourth-order valence-corrected chi connectivity index (χ4v) is 9.31. The standard InChI is InChI=1S/C44H49BrN8O9/c1-26-18-38(35(21-34(26)45)48-43(56)49-39-23-46-27(2)22-47-39)62-25-31-24-50(15-17-61-31)40(54)8-6-4-3-5-7-16-60-30-11-12-32-33(20-30)36(13-14-37(32)53(58)59)52-42(55)41-28-9-10-29(19-28)51(41)44(52)57/h11-14,18,20-23,28-29,31,41H,3-10,15-17,19,24-25H2,1-2H3,(H2,47,48,49,56)/t28-,29+,31-,41+/m0/s1. The summed E-state index contributed by atoms with van der Waals surface area (Å²) in [6, 6.07) is 10.2. The number of halogens is 1. The molecule has 17 nitrogen and oxygen atoms in total. The van der Waals surface area contributed by atoms with E-state index in [0.717, 1.165) is 67.1 Å². The highest BCUT2D eigenvalue weighted by molar-refractivity contribution is 9.10. The summed E-state index contributed by atoms with van der Waals surface area (Å²) in [6.45, 7) is 5.63. The van der Waals surface area contributed by atoms with Gasteiger partial charge in [0.1, 0.15) is 30.3 Å². The lowest BCUT2D eigenvalue weighted by Gasteiger charge is -2.33. The normalized spacial score (nSPS) is 20.5. The number of nitrogens with one attached hydrogen (secondary N) is 2. The molecule has 4 atom stereocenters. The number of aryl methyl sites for hydroxylation is 2. The molecule has 4 aromatic rings. The smallest absolute Gasteiger partial charge is 0.332 e. The Bertz CT molecular complexity index is 2350. The zero-order chi connectivity index (χ0) is 43.5. The maximum atomic E-state index is 13.6. The molecule has 4 heterocycles. The summed E-state index contributed by atoms with van der Waals surface area (Å²) in [7, 11) is 0. The molecule has 4 fully saturated rings. The van der Waals surface area contributed by atoms with Gasteiger partial charge < -0.3 is 29.3 Å². The molecule has 2 bridgehead atoms. The number of benzene rings is 3. The lowest BCUT2D eigenvalue weighted by Crippen LogP contribution is -2.47. The predicted molar refractivity (Wildman–Crippen MR) is 234 cm³/mol. The monoisotopic (exact) mass is 912 g/mol. The largest absolute Gasteiger partial charge is 0.494 e. The van der Waals surface area contributed by atoms with Crippen molar-refractivity contribution in [1.82, 2.24) is 19.8 Å². The van der Waals surface area contributed by atoms with Crippen LogP contribution in [0.4, 0.5) is 32.5 Å². The average Bonchev–Trinajstić information content (AvgIpc) is 3.96. The van der Waals surface area contributed by atoms with Crippen LogP contribution >= 0.6 is 15.9 Å². The highest BCUT2D eigenvalue weighted by Gasteiger charge is 2.59. The highest BCUT2D eigenvalue weighted by atomic mass is 79.9. The van der Waals surface area contributed by atoms with Crippen LogP contribution in [0.15, 0.2) is 59.3 Å². The van der Waals surface area contributed by atoms with E-state index in [2.05, 4.69) is 36.5 Å². The number of rotatable bonds is 16. The summed E-state index contributed by atoms with van der Waals surface area (Å²) < 4.78 is 19.0. The summed E-state index contributed by atoms with van der Waals surface area (Å²) in [5.41, 5.74) is 2.33. The zero-order valence-electron chi connectivity index (χ0n) is 34.6. The first kappa shape index (κ1) is 42.8. The van der Waals surface area contributed by atoms with Crippen LogP contribution in [0.3, 0.4) is 0 Å². The molecule has 326 valence electrons. The van der Waals surface area contributed by atoms with E-state index in [1.165, 1.54) is 23.2 Å². The Morgan fingerprint density at radius 2 is 1.79 bits per heavy atom. The average molecular weight is 914 g/mol. The van der Waals surface area contributed by atoms with Crippen molar-refractivity contribution >= 4 is 73.5 Å². The molecule has 0 radical (unpaired) electrons. The van der Waals surface area contributed by atoms with E-state index in [0.29, 0.717) is 72.2 Å². The van der Waals surface area contributed by atoms with Gasteiger partial charge in [0.25, 0.3) is 11.6 Å². The number of ether oxygens (including phenoxy) is 3. The number of fused-ring (bicyclic) bond motifs is 6. The Kier molecular flexibility index (Phi) is 12.9. The molecule has 6 amide bonds. The second-order valence-corrected chi connectivity index (χ2v) is 17.2. The van der Waals surface area contributed by atoms with Gasteiger partial charge in [-0.2, -0.15) is 0 Å². The predicted octanol–water partition coefficient (Wildman–Crippen LogP) is 7.91. The molecule has 4 aliphatic rings. The number of hydrogen-bond donors (Lipinski definition) is 2. The number of morpholine rings is 1. The van der Waals surface area contributed by atoms with Crippen molar-refractivity contribution in [3.05, 3.63) is 80.7 Å². The molecule has 1 aromatic heterocycles. The fraction of sp³-hybridized carbons (Fsp3) is 0.455. The minimum absolute atomic E-state index is 0.0668. The van der Waals surface area contributed by atoms with Gasteiger partial charge in [-0.05, 0) is 93.8 Å². The van der Waals surface area contributed by atoms with E-state index in [1.807, 2.05) is 24.8 Å². The van der Waals surface area contributed by atoms with E-state index >= 15 is 0 Å². The third-order valence-corrected chi connectivity index (χ3v) is 13.0. The third-order valence-electron chi connectivity index (χ3n) is 12.1. The fourth-order valence-electron chi connectivity index (χ4n) is 8.97. The Morgan fingerprint density at radius 3 is 2.58 bits per heavy atom. The van der Waals surface area contributed by atoms with Gasteiger partial charge in [-0.15, -0.1) is 0 Å². The number of non-ortho nitro benzene ring substituents is 1. The van der Waals surface area contributed by atoms with Crippen LogP contribution < -0.4 is 25.0 Å². The first-order chi connectivity index (χ1) is 29.9. The summed E-state index contributed by atoms with van der Waals surface area (Å²) in [5.74, 6) is 1.24. The molecule has 3 saturated heterocycles. The quantitative estimate of drug-likeness (QED) is 0.0479. The second kappa shape index (κ2) is 18.6. The van der Waals surface area contributed by atoms with Crippen LogP contribution in [-0.2, 0) is 14.3 Å². The van der Waals surface area contributed by atoms with Gasteiger partial charge in [0, 0.05) is 34.9 Å². The number of amides is 6. The molecule has 1 aliphatic carbocycles. The van der Waals surface area contributed by atoms with Gasteiger partial charge in [0.05, 0.1) is 59.5 Å². The van der Waals surface area contributed by atoms with Crippen molar-refractivity contribution in [3.63, 3.8) is 0 Å². The van der Waals surface area contributed by atoms with Crippen LogP contribution in [0.1, 0.15) is 69.0 Å². The maximum Gasteiger partial charge on any atom is 0.332 e. The van der Waals surface area contributed by atoms with Gasteiger partial charge in [-0.25, -0.2) is 19.5 Å². The number of imide groups is 1. The highest BCUT2D eigenvalue weighted by Crippen LogP contribution is 2.48. The number of unbranched alkanes of at least 4 members (excludes halogenated alkanes) is 4. The van der Waals surface area contributed by atoms with Crippen LogP contribution in [0, 0.1) is 29.9 Å². The Hall–Kier alpha value is -5.88. The van der Waals surface area contributed by atoms with Gasteiger partial charge in [-0.1, -0.05) is 35.2 Å². The number of nitro benzene ring substituents is 1. The second-order valence-electron chi connectivity index (χ2n) is 16.3. The number of hydrogen-bond acceptors (Lipinski definition) is 11. The van der Waals surface area contributed by atoms with Gasteiger partial charge >= 0.3 is 12.1 Å². The van der Waals surface area contributed by atoms with Crippen molar-refractivity contribution < 1.29 is 38.3 Å². The molecule has 3 aromatic carbocycles. The number of carbonyl (C=O) groups is 4. The lowest BCUT2D eigenvalue weighted by atomic mass is 9.99. The summed E-state index contributed by atoms with van der Waals surface area (Å²) in [4.78, 5) is 77.6. The van der Waals surface area contributed by atoms with Crippen molar-refractivity contribution in [1.29, 1.82) is 0 Å². The summed E-state index contributed by atoms with van der Waals surface area (Å²) in [5, 5.41) is 18.1. The van der Waals surface area contributed by atoms with E-state index < -0.39 is 17.0 Å². The van der Waals surface area contributed by atoms with E-state index in [9.17, 15) is 29.3 Å². The Balaban J connectivity index is 0.770. The summed E-state index contributed by atoms with van der Waals surface area (Å²) >= 11 is 3.52. The molecule has 2 N–H and O–H groups in total. The molecule has 3 aliphatic heterocycles. The number of aromatic nitrogens is 2. The minimum atomic E-state index is -0.501. The number of nitrogens with zero attached hydrogens (tertiary/aromatic N) is 6. The molecule has 18 heteroatoms. The molecule has 1 saturated carbocycles. The number of piperidine rings is 1. The molecule has 0 spiro atoms. The Labute approximate surface area is 366 Å². The third kappa shape index (κ3) is 9.16. The zero-order valence-corrected chi connectivity index (χ0v) is 36.2. The van der Waals surface area contributed by atoms with Crippen LogP contribution in [0.25, 0.3) is 10.8 Å².